The summed E-state index contributed by atoms with van der Waals surface area (Å²) in [6, 6.07) is 8.89. The molecule has 0 N–H and O–H groups in total. The van der Waals surface area contributed by atoms with Crippen LogP contribution in [-0.4, -0.2) is 58.6 Å². The van der Waals surface area contributed by atoms with Crippen LogP contribution < -0.4 is 4.74 Å². The molecule has 0 radical (unpaired) electrons. The zero-order chi connectivity index (χ0) is 28.1. The van der Waals surface area contributed by atoms with Gasteiger partial charge in [0.15, 0.2) is 5.82 Å². The van der Waals surface area contributed by atoms with Crippen molar-refractivity contribution < 1.29 is 17.9 Å². The normalized spacial score (nSPS) is 12.2. The first-order valence-corrected chi connectivity index (χ1v) is 13.2. The third kappa shape index (κ3) is 5.28. The molecule has 9 nitrogen and oxygen atoms in total. The first kappa shape index (κ1) is 27.2. The predicted molar refractivity (Wildman–Crippen MR) is 146 cm³/mol. The summed E-state index contributed by atoms with van der Waals surface area (Å²) in [7, 11) is 5.34. The van der Waals surface area contributed by atoms with Crippen molar-refractivity contribution in [1.29, 1.82) is 0 Å². The number of imidazole rings is 2. The van der Waals surface area contributed by atoms with Crippen LogP contribution in [0.15, 0.2) is 47.3 Å². The van der Waals surface area contributed by atoms with E-state index in [1.165, 1.54) is 16.8 Å². The van der Waals surface area contributed by atoms with Crippen LogP contribution in [0.2, 0.25) is 0 Å². The number of halogens is 4. The minimum atomic E-state index is -4.74. The van der Waals surface area contributed by atoms with Crippen molar-refractivity contribution in [3.63, 3.8) is 0 Å². The van der Waals surface area contributed by atoms with Crippen molar-refractivity contribution in [3.05, 3.63) is 70.0 Å². The average Bonchev–Trinajstić information content (AvgIpc) is 3.59. The molecule has 204 valence electrons. The molecule has 0 fully saturated rings. The monoisotopic (exact) mass is 620 g/mol. The highest BCUT2D eigenvalue weighted by atomic mass is 79.9. The third-order valence-corrected chi connectivity index (χ3v) is 7.85. The number of rotatable bonds is 7. The zero-order valence-electron chi connectivity index (χ0n) is 21.7. The van der Waals surface area contributed by atoms with Crippen LogP contribution >= 0.6 is 28.1 Å². The van der Waals surface area contributed by atoms with Crippen molar-refractivity contribution in [2.45, 2.75) is 26.6 Å². The third-order valence-electron chi connectivity index (χ3n) is 5.94. The second-order valence-corrected chi connectivity index (χ2v) is 11.1. The molecule has 0 amide bonds. The van der Waals surface area contributed by atoms with Gasteiger partial charge in [-0.25, -0.2) is 23.9 Å². The Balaban J connectivity index is 1.75. The van der Waals surface area contributed by atoms with Crippen LogP contribution in [0.25, 0.3) is 28.6 Å². The van der Waals surface area contributed by atoms with Crippen LogP contribution in [0.1, 0.15) is 22.6 Å². The van der Waals surface area contributed by atoms with Gasteiger partial charge in [0, 0.05) is 28.5 Å². The highest BCUT2D eigenvalue weighted by Gasteiger charge is 2.38. The number of fused-ring (bicyclic) bond motifs is 1. The molecule has 5 rings (SSSR count). The Hall–Kier alpha value is -3.36. The Kier molecular flexibility index (Phi) is 7.20. The molecule has 5 aromatic rings. The van der Waals surface area contributed by atoms with Crippen molar-refractivity contribution in [3.8, 4) is 28.7 Å². The molecule has 14 heteroatoms. The summed E-state index contributed by atoms with van der Waals surface area (Å²) in [6.07, 6.45) is -1.29. The first-order valence-electron chi connectivity index (χ1n) is 11.7. The van der Waals surface area contributed by atoms with Gasteiger partial charge in [0.05, 0.1) is 13.7 Å². The Morgan fingerprint density at radius 1 is 1.10 bits per heavy atom. The molecule has 4 aromatic heterocycles. The molecule has 0 spiro atoms. The predicted octanol–water partition coefficient (Wildman–Crippen LogP) is 5.88. The Labute approximate surface area is 235 Å². The standard InChI is InChI=1S/C25H24BrF3N8OS/c1-14-10-19-31-21(22(37(19)15(2)20(14)26)18-12-35(13-30-18)39-34(3)4)23-32-24(25(27,28)29)33-36(23)11-16-6-8-17(38-5)9-7-16/h6-10,12-13H,11H2,1-5H3. The van der Waals surface area contributed by atoms with Crippen molar-refractivity contribution >= 4 is 33.7 Å². The van der Waals surface area contributed by atoms with E-state index in [0.29, 0.717) is 22.8 Å². The lowest BCUT2D eigenvalue weighted by atomic mass is 10.2. The topological polar surface area (TPSA) is 78.3 Å². The molecule has 0 atom stereocenters. The summed E-state index contributed by atoms with van der Waals surface area (Å²) in [6.45, 7) is 3.89. The fourth-order valence-electron chi connectivity index (χ4n) is 4.22. The van der Waals surface area contributed by atoms with Gasteiger partial charge in [-0.3, -0.25) is 8.37 Å². The maximum absolute atomic E-state index is 13.8. The molecule has 0 saturated heterocycles. The van der Waals surface area contributed by atoms with E-state index < -0.39 is 12.0 Å². The highest BCUT2D eigenvalue weighted by Crippen LogP contribution is 2.37. The van der Waals surface area contributed by atoms with Gasteiger partial charge < -0.3 is 4.74 Å². The van der Waals surface area contributed by atoms with E-state index in [0.717, 1.165) is 21.3 Å². The quantitative estimate of drug-likeness (QED) is 0.210. The molecule has 0 saturated carbocycles. The number of benzene rings is 1. The van der Waals surface area contributed by atoms with Gasteiger partial charge in [0.25, 0.3) is 5.82 Å². The van der Waals surface area contributed by atoms with Gasteiger partial charge in [-0.1, -0.05) is 12.1 Å². The summed E-state index contributed by atoms with van der Waals surface area (Å²) in [4.78, 5) is 13.3. The second kappa shape index (κ2) is 10.3. The Morgan fingerprint density at radius 2 is 1.82 bits per heavy atom. The van der Waals surface area contributed by atoms with Crippen LogP contribution in [0.4, 0.5) is 13.2 Å². The lowest BCUT2D eigenvalue weighted by molar-refractivity contribution is -0.144. The first-order chi connectivity index (χ1) is 18.5. The van der Waals surface area contributed by atoms with E-state index >= 15 is 0 Å². The van der Waals surface area contributed by atoms with Crippen LogP contribution in [0.5, 0.6) is 5.75 Å². The molecule has 0 aliphatic carbocycles. The number of aromatic nitrogens is 7. The van der Waals surface area contributed by atoms with Crippen LogP contribution in [0, 0.1) is 13.8 Å². The van der Waals surface area contributed by atoms with E-state index in [1.807, 2.05) is 42.7 Å². The summed E-state index contributed by atoms with van der Waals surface area (Å²) in [5.41, 5.74) is 4.32. The lowest BCUT2D eigenvalue weighted by Crippen LogP contribution is -2.09. The molecule has 4 heterocycles. The number of hydrogen-bond donors (Lipinski definition) is 0. The number of aryl methyl sites for hydroxylation is 2. The minimum absolute atomic E-state index is 0.0140. The van der Waals surface area contributed by atoms with Crippen LogP contribution in [0.3, 0.4) is 0 Å². The van der Waals surface area contributed by atoms with Gasteiger partial charge >= 0.3 is 6.18 Å². The number of nitrogens with zero attached hydrogens (tertiary/aromatic N) is 8. The van der Waals surface area contributed by atoms with Gasteiger partial charge in [-0.15, -0.1) is 5.10 Å². The second-order valence-electron chi connectivity index (χ2n) is 9.00. The summed E-state index contributed by atoms with van der Waals surface area (Å²) in [5.74, 6) is -0.615. The largest absolute Gasteiger partial charge is 0.497 e. The molecule has 0 bridgehead atoms. The van der Waals surface area contributed by atoms with Gasteiger partial charge in [-0.2, -0.15) is 13.2 Å². The molecule has 1 aromatic carbocycles. The summed E-state index contributed by atoms with van der Waals surface area (Å²) >= 11 is 5.04. The Morgan fingerprint density at radius 3 is 2.46 bits per heavy atom. The van der Waals surface area contributed by atoms with Gasteiger partial charge in [-0.05, 0) is 73.2 Å². The fourth-order valence-corrected chi connectivity index (χ4v) is 5.13. The van der Waals surface area contributed by atoms with Gasteiger partial charge in [0.2, 0.25) is 0 Å². The molecule has 0 unspecified atom stereocenters. The fraction of sp³-hybridized carbons (Fsp3) is 0.280. The number of hydrogen-bond acceptors (Lipinski definition) is 7. The molecule has 0 aliphatic rings. The van der Waals surface area contributed by atoms with Crippen LogP contribution in [-0.2, 0) is 12.7 Å². The molecule has 39 heavy (non-hydrogen) atoms. The smallest absolute Gasteiger partial charge is 0.453 e. The number of methoxy groups -OCH3 is 1. The number of alkyl halides is 3. The SMILES string of the molecule is COc1ccc(Cn2nc(C(F)(F)F)nc2-c2nc3cc(C)c(Br)c(C)n3c2-c2cn(SN(C)C)cn2)cc1. The number of pyridine rings is 1. The number of ether oxygens (including phenoxy) is 1. The summed E-state index contributed by atoms with van der Waals surface area (Å²) < 4.78 is 54.4. The Bertz CT molecular complexity index is 1660. The van der Waals surface area contributed by atoms with E-state index in [2.05, 4.69) is 31.0 Å². The molecular weight excluding hydrogens is 597 g/mol. The molecule has 0 aliphatic heterocycles. The van der Waals surface area contributed by atoms with Crippen molar-refractivity contribution in [2.24, 2.45) is 0 Å². The van der Waals surface area contributed by atoms with Crippen molar-refractivity contribution in [1.82, 2.24) is 37.4 Å². The average molecular weight is 621 g/mol. The maximum atomic E-state index is 13.8. The lowest BCUT2D eigenvalue weighted by Gasteiger charge is -2.10. The van der Waals surface area contributed by atoms with E-state index in [1.54, 1.807) is 47.9 Å². The van der Waals surface area contributed by atoms with E-state index in [9.17, 15) is 13.2 Å². The van der Waals surface area contributed by atoms with Gasteiger partial charge in [0.1, 0.15) is 34.8 Å². The zero-order valence-corrected chi connectivity index (χ0v) is 24.1. The summed E-state index contributed by atoms with van der Waals surface area (Å²) in [5, 5.41) is 3.86. The van der Waals surface area contributed by atoms with E-state index in [-0.39, 0.29) is 18.1 Å². The molecular formula is C25H24BrF3N8OS. The minimum Gasteiger partial charge on any atom is -0.497 e. The van der Waals surface area contributed by atoms with Crippen molar-refractivity contribution in [2.75, 3.05) is 21.2 Å². The maximum Gasteiger partial charge on any atom is 0.453 e. The van der Waals surface area contributed by atoms with E-state index in [4.69, 9.17) is 9.72 Å². The highest BCUT2D eigenvalue weighted by molar-refractivity contribution is 9.10.